The summed E-state index contributed by atoms with van der Waals surface area (Å²) in [6, 6.07) is 7.97. The van der Waals surface area contributed by atoms with Gasteiger partial charge in [-0.05, 0) is 38.0 Å². The first-order chi connectivity index (χ1) is 14.6. The van der Waals surface area contributed by atoms with E-state index in [-0.39, 0.29) is 6.10 Å². The highest BCUT2D eigenvalue weighted by Gasteiger charge is 2.23. The van der Waals surface area contributed by atoms with Crippen molar-refractivity contribution in [3.05, 3.63) is 42.4 Å². The van der Waals surface area contributed by atoms with Gasteiger partial charge >= 0.3 is 6.09 Å². The van der Waals surface area contributed by atoms with Crippen molar-refractivity contribution in [2.24, 2.45) is 5.73 Å². The number of piperidine rings is 1. The summed E-state index contributed by atoms with van der Waals surface area (Å²) < 4.78 is 12.5. The number of nitriles is 1. The molecule has 154 valence electrons. The monoisotopic (exact) mass is 406 g/mol. The molecule has 1 aliphatic rings. The molecule has 0 bridgehead atoms. The summed E-state index contributed by atoms with van der Waals surface area (Å²) in [4.78, 5) is 17.7. The van der Waals surface area contributed by atoms with Crippen LogP contribution in [0.1, 0.15) is 25.3 Å². The summed E-state index contributed by atoms with van der Waals surface area (Å²) in [6.45, 7) is 3.83. The lowest BCUT2D eigenvalue weighted by Crippen LogP contribution is -2.41. The standard InChI is InChI=1S/C21H22N6O3/c1-2-29-17-8-18(20-15(9-22)11-25-27(20)13-17)14-5-6-19(24-10-14)26-7-3-4-16(12-26)30-21(23)28/h5-6,8,10-11,13,16H,2-4,7,12H2,1H3,(H2,23,28)/t16-/m0/s1. The molecule has 0 saturated carbocycles. The Morgan fingerprint density at radius 3 is 2.97 bits per heavy atom. The van der Waals surface area contributed by atoms with Crippen molar-refractivity contribution >= 4 is 17.4 Å². The normalized spacial score (nSPS) is 16.3. The third kappa shape index (κ3) is 3.85. The fraction of sp³-hybridized carbons (Fsp3) is 0.333. The van der Waals surface area contributed by atoms with Gasteiger partial charge in [-0.1, -0.05) is 0 Å². The molecule has 2 N–H and O–H groups in total. The van der Waals surface area contributed by atoms with E-state index in [9.17, 15) is 10.1 Å². The topological polar surface area (TPSA) is 119 Å². The lowest BCUT2D eigenvalue weighted by Gasteiger charge is -2.32. The molecule has 0 aromatic carbocycles. The van der Waals surface area contributed by atoms with E-state index < -0.39 is 6.09 Å². The number of pyridine rings is 2. The van der Waals surface area contributed by atoms with E-state index in [1.165, 1.54) is 0 Å². The molecular weight excluding hydrogens is 384 g/mol. The van der Waals surface area contributed by atoms with Gasteiger partial charge in [-0.25, -0.2) is 14.3 Å². The van der Waals surface area contributed by atoms with Crippen LogP contribution in [0, 0.1) is 11.3 Å². The first kappa shape index (κ1) is 19.5. The van der Waals surface area contributed by atoms with E-state index in [0.29, 0.717) is 30.0 Å². The van der Waals surface area contributed by atoms with Crippen LogP contribution in [-0.4, -0.2) is 46.5 Å². The van der Waals surface area contributed by atoms with Crippen molar-refractivity contribution in [1.29, 1.82) is 5.26 Å². The number of amides is 1. The number of carbonyl (C=O) groups excluding carboxylic acids is 1. The zero-order valence-electron chi connectivity index (χ0n) is 16.6. The number of rotatable bonds is 5. The summed E-state index contributed by atoms with van der Waals surface area (Å²) in [5.74, 6) is 1.46. The highest BCUT2D eigenvalue weighted by molar-refractivity contribution is 5.85. The molecule has 4 heterocycles. The summed E-state index contributed by atoms with van der Waals surface area (Å²) >= 11 is 0. The van der Waals surface area contributed by atoms with Crippen LogP contribution in [-0.2, 0) is 4.74 Å². The van der Waals surface area contributed by atoms with Gasteiger partial charge in [0.1, 0.15) is 23.7 Å². The average Bonchev–Trinajstić information content (AvgIpc) is 3.16. The Kier molecular flexibility index (Phi) is 5.39. The van der Waals surface area contributed by atoms with Crippen LogP contribution in [0.5, 0.6) is 5.75 Å². The van der Waals surface area contributed by atoms with Crippen molar-refractivity contribution < 1.29 is 14.3 Å². The van der Waals surface area contributed by atoms with Crippen molar-refractivity contribution in [3.8, 4) is 22.9 Å². The van der Waals surface area contributed by atoms with Gasteiger partial charge in [0.05, 0.1) is 36.6 Å². The molecule has 0 spiro atoms. The molecule has 1 aliphatic heterocycles. The van der Waals surface area contributed by atoms with Crippen LogP contribution in [0.4, 0.5) is 10.6 Å². The Morgan fingerprint density at radius 1 is 1.40 bits per heavy atom. The number of nitrogens with two attached hydrogens (primary N) is 1. The minimum atomic E-state index is -0.752. The number of hydrogen-bond donors (Lipinski definition) is 1. The van der Waals surface area contributed by atoms with E-state index in [2.05, 4.69) is 21.1 Å². The molecule has 1 saturated heterocycles. The quantitative estimate of drug-likeness (QED) is 0.692. The molecule has 9 heteroatoms. The fourth-order valence-corrected chi connectivity index (χ4v) is 3.78. The predicted octanol–water partition coefficient (Wildman–Crippen LogP) is 2.73. The van der Waals surface area contributed by atoms with E-state index in [0.717, 1.165) is 36.3 Å². The Morgan fingerprint density at radius 2 is 2.27 bits per heavy atom. The molecule has 9 nitrogen and oxygen atoms in total. The fourth-order valence-electron chi connectivity index (χ4n) is 3.78. The van der Waals surface area contributed by atoms with Crippen LogP contribution in [0.3, 0.4) is 0 Å². The van der Waals surface area contributed by atoms with Gasteiger partial charge in [-0.15, -0.1) is 0 Å². The van der Waals surface area contributed by atoms with Crippen molar-refractivity contribution in [2.45, 2.75) is 25.9 Å². The molecule has 3 aromatic rings. The van der Waals surface area contributed by atoms with Crippen LogP contribution in [0.2, 0.25) is 0 Å². The van der Waals surface area contributed by atoms with Crippen LogP contribution in [0.15, 0.2) is 36.8 Å². The predicted molar refractivity (Wildman–Crippen MR) is 110 cm³/mol. The second-order valence-electron chi connectivity index (χ2n) is 7.04. The number of hydrogen-bond acceptors (Lipinski definition) is 7. The number of ether oxygens (including phenoxy) is 2. The van der Waals surface area contributed by atoms with Crippen molar-refractivity contribution in [2.75, 3.05) is 24.6 Å². The van der Waals surface area contributed by atoms with Gasteiger partial charge in [-0.3, -0.25) is 0 Å². The molecular formula is C21H22N6O3. The van der Waals surface area contributed by atoms with Gasteiger partial charge in [0.2, 0.25) is 0 Å². The highest BCUT2D eigenvalue weighted by Crippen LogP contribution is 2.31. The first-order valence-corrected chi connectivity index (χ1v) is 9.80. The number of nitrogens with zero attached hydrogens (tertiary/aromatic N) is 5. The summed E-state index contributed by atoms with van der Waals surface area (Å²) in [6.07, 6.45) is 5.77. The Bertz CT molecular complexity index is 1100. The summed E-state index contributed by atoms with van der Waals surface area (Å²) in [5.41, 5.74) is 8.02. The van der Waals surface area contributed by atoms with E-state index in [1.54, 1.807) is 23.1 Å². The van der Waals surface area contributed by atoms with Gasteiger partial charge in [0, 0.05) is 23.9 Å². The number of primary amides is 1. The second-order valence-corrected chi connectivity index (χ2v) is 7.04. The molecule has 30 heavy (non-hydrogen) atoms. The highest BCUT2D eigenvalue weighted by atomic mass is 16.6. The molecule has 4 rings (SSSR count). The number of anilines is 1. The van der Waals surface area contributed by atoms with Gasteiger partial charge in [0.15, 0.2) is 0 Å². The van der Waals surface area contributed by atoms with E-state index in [1.807, 2.05) is 25.1 Å². The van der Waals surface area contributed by atoms with Crippen LogP contribution < -0.4 is 15.4 Å². The molecule has 1 fully saturated rings. The maximum atomic E-state index is 11.0. The lowest BCUT2D eigenvalue weighted by atomic mass is 10.0. The number of aromatic nitrogens is 3. The van der Waals surface area contributed by atoms with Crippen LogP contribution >= 0.6 is 0 Å². The smallest absolute Gasteiger partial charge is 0.404 e. The molecule has 1 amide bonds. The maximum Gasteiger partial charge on any atom is 0.404 e. The molecule has 1 atom stereocenters. The zero-order valence-corrected chi connectivity index (χ0v) is 16.6. The average molecular weight is 406 g/mol. The molecule has 0 radical (unpaired) electrons. The first-order valence-electron chi connectivity index (χ1n) is 9.80. The van der Waals surface area contributed by atoms with Gasteiger partial charge in [-0.2, -0.15) is 10.4 Å². The molecule has 0 unspecified atom stereocenters. The SMILES string of the molecule is CCOc1cc(-c2ccc(N3CCC[C@H](OC(N)=O)C3)nc2)c2c(C#N)cnn2c1. The largest absolute Gasteiger partial charge is 0.492 e. The molecule has 3 aromatic heterocycles. The summed E-state index contributed by atoms with van der Waals surface area (Å²) in [5, 5.41) is 13.7. The number of fused-ring (bicyclic) bond motifs is 1. The Labute approximate surface area is 173 Å². The van der Waals surface area contributed by atoms with Crippen molar-refractivity contribution in [3.63, 3.8) is 0 Å². The minimum absolute atomic E-state index is 0.231. The Hall–Kier alpha value is -3.80. The van der Waals surface area contributed by atoms with E-state index in [4.69, 9.17) is 15.2 Å². The third-order valence-corrected chi connectivity index (χ3v) is 5.06. The van der Waals surface area contributed by atoms with Gasteiger partial charge < -0.3 is 20.1 Å². The van der Waals surface area contributed by atoms with Crippen molar-refractivity contribution in [1.82, 2.24) is 14.6 Å². The van der Waals surface area contributed by atoms with Gasteiger partial charge in [0.25, 0.3) is 0 Å². The molecule has 0 aliphatic carbocycles. The Balaban J connectivity index is 1.66. The second kappa shape index (κ2) is 8.29. The maximum absolute atomic E-state index is 11.0. The zero-order chi connectivity index (χ0) is 21.1. The number of carbonyl (C=O) groups is 1. The van der Waals surface area contributed by atoms with E-state index >= 15 is 0 Å². The lowest BCUT2D eigenvalue weighted by molar-refractivity contribution is 0.0964. The summed E-state index contributed by atoms with van der Waals surface area (Å²) in [7, 11) is 0. The minimum Gasteiger partial charge on any atom is -0.492 e. The van der Waals surface area contributed by atoms with Crippen LogP contribution in [0.25, 0.3) is 16.6 Å². The third-order valence-electron chi connectivity index (χ3n) is 5.06.